The standard InChI is InChI=1S/C29H23ClF3N5O3/c30-20-6-2-1-5-19(20)26(27(40)36-18-14-29(32,33)15-18)38(22-8-4-3-7-21(22)31)28(41)23-9-10-25(39)37(23)24-13-17(16-34)11-12-35-24/h1-8,11-13,18,23,26H,9-10,14-15H2,(H,36,40)/t23-,26-/m0/s1. The summed E-state index contributed by atoms with van der Waals surface area (Å²) in [4.78, 5) is 47.4. The van der Waals surface area contributed by atoms with E-state index in [1.54, 1.807) is 12.1 Å². The average molecular weight is 582 g/mol. The van der Waals surface area contributed by atoms with Gasteiger partial charge in [-0.05, 0) is 36.8 Å². The van der Waals surface area contributed by atoms with E-state index < -0.39 is 60.4 Å². The van der Waals surface area contributed by atoms with Gasteiger partial charge in [0.1, 0.15) is 23.7 Å². The van der Waals surface area contributed by atoms with Gasteiger partial charge >= 0.3 is 0 Å². The molecule has 12 heteroatoms. The zero-order chi connectivity index (χ0) is 29.3. The predicted octanol–water partition coefficient (Wildman–Crippen LogP) is 4.93. The second kappa shape index (κ2) is 11.2. The first-order chi connectivity index (χ1) is 19.6. The van der Waals surface area contributed by atoms with E-state index in [0.29, 0.717) is 0 Å². The number of nitrogens with zero attached hydrogens (tertiary/aromatic N) is 4. The number of nitriles is 1. The topological polar surface area (TPSA) is 106 Å². The normalized spacial score (nSPS) is 18.8. The summed E-state index contributed by atoms with van der Waals surface area (Å²) >= 11 is 6.47. The lowest BCUT2D eigenvalue weighted by Gasteiger charge is -2.39. The number of benzene rings is 2. The van der Waals surface area contributed by atoms with Crippen molar-refractivity contribution in [3.8, 4) is 6.07 Å². The minimum atomic E-state index is -2.92. The van der Waals surface area contributed by atoms with Crippen LogP contribution in [-0.2, 0) is 14.4 Å². The largest absolute Gasteiger partial charge is 0.351 e. The fourth-order valence-corrected chi connectivity index (χ4v) is 5.39. The summed E-state index contributed by atoms with van der Waals surface area (Å²) in [5, 5.41) is 12.0. The van der Waals surface area contributed by atoms with Crippen molar-refractivity contribution in [2.45, 2.75) is 49.7 Å². The van der Waals surface area contributed by atoms with E-state index in [1.165, 1.54) is 48.7 Å². The summed E-state index contributed by atoms with van der Waals surface area (Å²) < 4.78 is 42.5. The first-order valence-electron chi connectivity index (χ1n) is 12.8. The summed E-state index contributed by atoms with van der Waals surface area (Å²) in [6.45, 7) is 0. The molecule has 41 heavy (non-hydrogen) atoms. The van der Waals surface area contributed by atoms with E-state index in [2.05, 4.69) is 10.3 Å². The Bertz CT molecular complexity index is 1550. The second-order valence-electron chi connectivity index (χ2n) is 9.89. The Labute approximate surface area is 238 Å². The zero-order valence-corrected chi connectivity index (χ0v) is 22.2. The molecular formula is C29H23ClF3N5O3. The minimum Gasteiger partial charge on any atom is -0.351 e. The number of carbonyl (C=O) groups excluding carboxylic acids is 3. The number of amides is 3. The predicted molar refractivity (Wildman–Crippen MR) is 144 cm³/mol. The molecule has 2 heterocycles. The summed E-state index contributed by atoms with van der Waals surface area (Å²) in [6, 6.07) is 12.6. The van der Waals surface area contributed by atoms with Crippen molar-refractivity contribution in [2.75, 3.05) is 9.80 Å². The highest BCUT2D eigenvalue weighted by Crippen LogP contribution is 2.40. The number of rotatable bonds is 7. The number of carbonyl (C=O) groups is 3. The molecule has 2 aliphatic rings. The third-order valence-electron chi connectivity index (χ3n) is 7.11. The lowest BCUT2D eigenvalue weighted by atomic mass is 9.87. The van der Waals surface area contributed by atoms with Crippen LogP contribution >= 0.6 is 11.6 Å². The third-order valence-corrected chi connectivity index (χ3v) is 7.45. The number of para-hydroxylation sites is 1. The summed E-state index contributed by atoms with van der Waals surface area (Å²) in [6.07, 6.45) is 0.151. The van der Waals surface area contributed by atoms with Crippen molar-refractivity contribution in [3.63, 3.8) is 0 Å². The number of halogens is 4. The smallest absolute Gasteiger partial charge is 0.252 e. The molecule has 0 unspecified atom stereocenters. The van der Waals surface area contributed by atoms with Crippen LogP contribution in [0, 0.1) is 17.1 Å². The van der Waals surface area contributed by atoms with Gasteiger partial charge in [-0.25, -0.2) is 18.2 Å². The Kier molecular flexibility index (Phi) is 7.69. The van der Waals surface area contributed by atoms with Crippen molar-refractivity contribution < 1.29 is 27.6 Å². The molecule has 1 saturated carbocycles. The van der Waals surface area contributed by atoms with Crippen LogP contribution in [0.25, 0.3) is 0 Å². The van der Waals surface area contributed by atoms with Gasteiger partial charge in [-0.15, -0.1) is 0 Å². The molecule has 1 N–H and O–H groups in total. The van der Waals surface area contributed by atoms with Gasteiger partial charge in [0.05, 0.1) is 17.3 Å². The summed E-state index contributed by atoms with van der Waals surface area (Å²) in [7, 11) is 0. The molecule has 210 valence electrons. The van der Waals surface area contributed by atoms with Crippen molar-refractivity contribution in [3.05, 3.63) is 88.8 Å². The number of anilines is 2. The Hall–Kier alpha value is -4.43. The highest BCUT2D eigenvalue weighted by molar-refractivity contribution is 6.31. The lowest BCUT2D eigenvalue weighted by Crippen LogP contribution is -2.56. The molecule has 0 bridgehead atoms. The summed E-state index contributed by atoms with van der Waals surface area (Å²) in [5.41, 5.74) is 0.0712. The van der Waals surface area contributed by atoms with Crippen LogP contribution in [0.4, 0.5) is 24.7 Å². The molecule has 3 amide bonds. The van der Waals surface area contributed by atoms with Gasteiger partial charge in [0.25, 0.3) is 11.8 Å². The van der Waals surface area contributed by atoms with Crippen LogP contribution in [0.5, 0.6) is 0 Å². The van der Waals surface area contributed by atoms with E-state index in [9.17, 15) is 28.4 Å². The maximum atomic E-state index is 15.4. The van der Waals surface area contributed by atoms with Crippen LogP contribution in [0.15, 0.2) is 66.9 Å². The van der Waals surface area contributed by atoms with Crippen LogP contribution in [0.3, 0.4) is 0 Å². The molecule has 5 rings (SSSR count). The Morgan fingerprint density at radius 2 is 1.85 bits per heavy atom. The lowest BCUT2D eigenvalue weighted by molar-refractivity contribution is -0.133. The fourth-order valence-electron chi connectivity index (χ4n) is 5.16. The van der Waals surface area contributed by atoms with Crippen molar-refractivity contribution in [1.29, 1.82) is 5.26 Å². The second-order valence-corrected chi connectivity index (χ2v) is 10.3. The number of alkyl halides is 2. The van der Waals surface area contributed by atoms with Crippen LogP contribution < -0.4 is 15.1 Å². The molecule has 2 aromatic carbocycles. The molecule has 2 atom stereocenters. The van der Waals surface area contributed by atoms with Crippen LogP contribution in [-0.4, -0.2) is 40.7 Å². The molecule has 1 aromatic heterocycles. The van der Waals surface area contributed by atoms with Crippen molar-refractivity contribution in [2.24, 2.45) is 0 Å². The monoisotopic (exact) mass is 581 g/mol. The van der Waals surface area contributed by atoms with Gasteiger partial charge in [0.2, 0.25) is 11.8 Å². The quantitative estimate of drug-likeness (QED) is 0.426. The fraction of sp³-hybridized carbons (Fsp3) is 0.276. The maximum Gasteiger partial charge on any atom is 0.252 e. The molecule has 1 saturated heterocycles. The number of pyridine rings is 1. The first kappa shape index (κ1) is 28.1. The molecule has 3 aromatic rings. The first-order valence-corrected chi connectivity index (χ1v) is 13.2. The van der Waals surface area contributed by atoms with Gasteiger partial charge in [0, 0.05) is 42.1 Å². The minimum absolute atomic E-state index is 0.0206. The Morgan fingerprint density at radius 3 is 2.54 bits per heavy atom. The molecule has 0 spiro atoms. The number of nitrogens with one attached hydrogen (secondary N) is 1. The zero-order valence-electron chi connectivity index (χ0n) is 21.4. The maximum absolute atomic E-state index is 15.4. The summed E-state index contributed by atoms with van der Waals surface area (Å²) in [5.74, 6) is -5.81. The number of hydrogen-bond acceptors (Lipinski definition) is 5. The number of aromatic nitrogens is 1. The van der Waals surface area contributed by atoms with E-state index in [4.69, 9.17) is 11.6 Å². The Balaban J connectivity index is 1.61. The molecule has 8 nitrogen and oxygen atoms in total. The van der Waals surface area contributed by atoms with Gasteiger partial charge in [0.15, 0.2) is 0 Å². The van der Waals surface area contributed by atoms with Gasteiger partial charge in [-0.1, -0.05) is 41.9 Å². The van der Waals surface area contributed by atoms with E-state index in [0.717, 1.165) is 15.9 Å². The SMILES string of the molecule is N#Cc1ccnc(N2C(=O)CC[C@H]2C(=O)N(c2ccccc2F)[C@H](C(=O)NC2CC(F)(F)C2)c2ccccc2Cl)c1. The Morgan fingerprint density at radius 1 is 1.15 bits per heavy atom. The molecule has 2 fully saturated rings. The molecule has 1 aliphatic carbocycles. The van der Waals surface area contributed by atoms with E-state index in [-0.39, 0.29) is 40.5 Å². The van der Waals surface area contributed by atoms with Crippen molar-refractivity contribution in [1.82, 2.24) is 10.3 Å². The molecule has 1 aliphatic heterocycles. The number of hydrogen-bond donors (Lipinski definition) is 1. The van der Waals surface area contributed by atoms with Gasteiger partial charge in [-0.3, -0.25) is 24.2 Å². The van der Waals surface area contributed by atoms with Crippen LogP contribution in [0.2, 0.25) is 5.02 Å². The van der Waals surface area contributed by atoms with E-state index >= 15 is 4.39 Å². The average Bonchev–Trinajstić information content (AvgIpc) is 3.32. The highest BCUT2D eigenvalue weighted by atomic mass is 35.5. The van der Waals surface area contributed by atoms with E-state index in [1.807, 2.05) is 6.07 Å². The third kappa shape index (κ3) is 5.60. The van der Waals surface area contributed by atoms with Crippen LogP contribution in [0.1, 0.15) is 42.9 Å². The molecule has 0 radical (unpaired) electrons. The van der Waals surface area contributed by atoms with Gasteiger partial charge < -0.3 is 5.32 Å². The van der Waals surface area contributed by atoms with Crippen molar-refractivity contribution >= 4 is 40.8 Å². The van der Waals surface area contributed by atoms with Gasteiger partial charge in [-0.2, -0.15) is 5.26 Å². The molecular weight excluding hydrogens is 559 g/mol. The highest BCUT2D eigenvalue weighted by Gasteiger charge is 2.49.